The Morgan fingerprint density at radius 1 is 1.26 bits per heavy atom. The molecule has 19 heavy (non-hydrogen) atoms. The average molecular weight is 261 g/mol. The van der Waals surface area contributed by atoms with E-state index in [0.717, 1.165) is 5.92 Å². The summed E-state index contributed by atoms with van der Waals surface area (Å²) in [6, 6.07) is 9.81. The van der Waals surface area contributed by atoms with Gasteiger partial charge >= 0.3 is 0 Å². The standard InChI is InChI=1S/C16H27N3/c1-12-9-13(2)19(11-12)16(10-17)14-5-7-15(8-6-14)18(3)4/h5-8,12-13,16H,9-11,17H2,1-4H3. The van der Waals surface area contributed by atoms with Crippen molar-refractivity contribution in [1.82, 2.24) is 4.90 Å². The number of nitrogens with zero attached hydrogens (tertiary/aromatic N) is 2. The summed E-state index contributed by atoms with van der Waals surface area (Å²) in [5.74, 6) is 0.782. The monoisotopic (exact) mass is 261 g/mol. The smallest absolute Gasteiger partial charge is 0.0473 e. The number of hydrogen-bond acceptors (Lipinski definition) is 3. The second-order valence-corrected chi connectivity index (χ2v) is 6.12. The van der Waals surface area contributed by atoms with Gasteiger partial charge in [0.1, 0.15) is 0 Å². The van der Waals surface area contributed by atoms with Crippen LogP contribution in [-0.2, 0) is 0 Å². The van der Waals surface area contributed by atoms with Gasteiger partial charge in [0.15, 0.2) is 0 Å². The van der Waals surface area contributed by atoms with Crippen LogP contribution in [0.1, 0.15) is 31.9 Å². The fourth-order valence-corrected chi connectivity index (χ4v) is 3.22. The summed E-state index contributed by atoms with van der Waals surface area (Å²) >= 11 is 0. The quantitative estimate of drug-likeness (QED) is 0.904. The summed E-state index contributed by atoms with van der Waals surface area (Å²) in [7, 11) is 4.14. The molecule has 1 aliphatic rings. The molecule has 1 heterocycles. The molecule has 1 aromatic carbocycles. The van der Waals surface area contributed by atoms with Crippen LogP contribution in [0.25, 0.3) is 0 Å². The Labute approximate surface area is 117 Å². The Morgan fingerprint density at radius 3 is 2.32 bits per heavy atom. The molecule has 1 aliphatic heterocycles. The third-order valence-electron chi connectivity index (χ3n) is 4.25. The van der Waals surface area contributed by atoms with E-state index < -0.39 is 0 Å². The van der Waals surface area contributed by atoms with Crippen molar-refractivity contribution in [2.45, 2.75) is 32.4 Å². The minimum absolute atomic E-state index is 0.358. The van der Waals surface area contributed by atoms with E-state index in [1.165, 1.54) is 24.2 Å². The van der Waals surface area contributed by atoms with Gasteiger partial charge in [0, 0.05) is 45.0 Å². The number of hydrogen-bond donors (Lipinski definition) is 1. The molecule has 3 nitrogen and oxygen atoms in total. The van der Waals surface area contributed by atoms with E-state index in [9.17, 15) is 0 Å². The number of nitrogens with two attached hydrogens (primary N) is 1. The first-order chi connectivity index (χ1) is 9.02. The molecule has 1 saturated heterocycles. The highest BCUT2D eigenvalue weighted by atomic mass is 15.2. The van der Waals surface area contributed by atoms with Crippen molar-refractivity contribution >= 4 is 5.69 Å². The van der Waals surface area contributed by atoms with Gasteiger partial charge in [0.2, 0.25) is 0 Å². The maximum Gasteiger partial charge on any atom is 0.0473 e. The average Bonchev–Trinajstić information content (AvgIpc) is 2.70. The predicted molar refractivity (Wildman–Crippen MR) is 82.5 cm³/mol. The van der Waals surface area contributed by atoms with Gasteiger partial charge in [-0.05, 0) is 37.0 Å². The zero-order chi connectivity index (χ0) is 14.0. The summed E-state index contributed by atoms with van der Waals surface area (Å²) in [6.45, 7) is 6.51. The lowest BCUT2D eigenvalue weighted by Gasteiger charge is -2.31. The highest BCUT2D eigenvalue weighted by Gasteiger charge is 2.31. The lowest BCUT2D eigenvalue weighted by molar-refractivity contribution is 0.192. The molecule has 3 unspecified atom stereocenters. The molecule has 0 radical (unpaired) electrons. The molecule has 0 saturated carbocycles. The summed E-state index contributed by atoms with van der Waals surface area (Å²) in [5, 5.41) is 0. The highest BCUT2D eigenvalue weighted by molar-refractivity contribution is 5.46. The number of likely N-dealkylation sites (tertiary alicyclic amines) is 1. The lowest BCUT2D eigenvalue weighted by atomic mass is 10.0. The first kappa shape index (κ1) is 14.4. The van der Waals surface area contributed by atoms with Crippen LogP contribution in [0, 0.1) is 5.92 Å². The Kier molecular flexibility index (Phi) is 4.48. The largest absolute Gasteiger partial charge is 0.378 e. The molecule has 106 valence electrons. The molecule has 1 aromatic rings. The van der Waals surface area contributed by atoms with Crippen molar-refractivity contribution < 1.29 is 0 Å². The zero-order valence-corrected chi connectivity index (χ0v) is 12.6. The number of anilines is 1. The van der Waals surface area contributed by atoms with Gasteiger partial charge in [-0.3, -0.25) is 4.90 Å². The van der Waals surface area contributed by atoms with Crippen molar-refractivity contribution in [3.8, 4) is 0 Å². The molecular weight excluding hydrogens is 234 g/mol. The summed E-state index contributed by atoms with van der Waals surface area (Å²) in [4.78, 5) is 4.69. The third-order valence-corrected chi connectivity index (χ3v) is 4.25. The lowest BCUT2D eigenvalue weighted by Crippen LogP contribution is -2.36. The van der Waals surface area contributed by atoms with Crippen molar-refractivity contribution in [1.29, 1.82) is 0 Å². The molecular formula is C16H27N3. The van der Waals surface area contributed by atoms with E-state index in [-0.39, 0.29) is 0 Å². The molecule has 2 N–H and O–H groups in total. The van der Waals surface area contributed by atoms with Crippen molar-refractivity contribution in [3.63, 3.8) is 0 Å². The van der Waals surface area contributed by atoms with Crippen molar-refractivity contribution in [3.05, 3.63) is 29.8 Å². The molecule has 3 atom stereocenters. The minimum Gasteiger partial charge on any atom is -0.378 e. The molecule has 0 spiro atoms. The maximum atomic E-state index is 6.04. The van der Waals surface area contributed by atoms with Crippen LogP contribution in [0.2, 0.25) is 0 Å². The topological polar surface area (TPSA) is 32.5 Å². The van der Waals surface area contributed by atoms with Gasteiger partial charge < -0.3 is 10.6 Å². The number of rotatable bonds is 4. The summed E-state index contributed by atoms with van der Waals surface area (Å²) in [5.41, 5.74) is 8.62. The van der Waals surface area contributed by atoms with Crippen LogP contribution in [0.15, 0.2) is 24.3 Å². The molecule has 3 heteroatoms. The molecule has 2 rings (SSSR count). The maximum absolute atomic E-state index is 6.04. The summed E-state index contributed by atoms with van der Waals surface area (Å²) < 4.78 is 0. The second-order valence-electron chi connectivity index (χ2n) is 6.12. The Morgan fingerprint density at radius 2 is 1.89 bits per heavy atom. The predicted octanol–water partition coefficient (Wildman–Crippen LogP) is 2.48. The van der Waals surface area contributed by atoms with Gasteiger partial charge in [0.05, 0.1) is 0 Å². The SMILES string of the molecule is CC1CC(C)N(C(CN)c2ccc(N(C)C)cc2)C1. The molecule has 1 fully saturated rings. The van der Waals surface area contributed by atoms with E-state index in [2.05, 4.69) is 62.0 Å². The number of benzene rings is 1. The van der Waals surface area contributed by atoms with Gasteiger partial charge in [0.25, 0.3) is 0 Å². The Hall–Kier alpha value is -1.06. The van der Waals surface area contributed by atoms with E-state index in [1.54, 1.807) is 0 Å². The molecule has 0 bridgehead atoms. The van der Waals surface area contributed by atoms with Crippen LogP contribution in [0.5, 0.6) is 0 Å². The van der Waals surface area contributed by atoms with Gasteiger partial charge in [-0.15, -0.1) is 0 Å². The van der Waals surface area contributed by atoms with Crippen LogP contribution in [-0.4, -0.2) is 38.1 Å². The Bertz CT molecular complexity index is 399. The highest BCUT2D eigenvalue weighted by Crippen LogP contribution is 2.32. The first-order valence-electron chi connectivity index (χ1n) is 7.26. The molecule has 0 aromatic heterocycles. The van der Waals surface area contributed by atoms with E-state index in [1.807, 2.05) is 0 Å². The van der Waals surface area contributed by atoms with Crippen molar-refractivity contribution in [2.75, 3.05) is 32.1 Å². The molecule has 0 aliphatic carbocycles. The van der Waals surface area contributed by atoms with Gasteiger partial charge in [-0.25, -0.2) is 0 Å². The minimum atomic E-state index is 0.358. The summed E-state index contributed by atoms with van der Waals surface area (Å²) in [6.07, 6.45) is 1.28. The Balaban J connectivity index is 2.17. The van der Waals surface area contributed by atoms with Crippen LogP contribution >= 0.6 is 0 Å². The van der Waals surface area contributed by atoms with Crippen LogP contribution in [0.4, 0.5) is 5.69 Å². The fourth-order valence-electron chi connectivity index (χ4n) is 3.22. The van der Waals surface area contributed by atoms with Crippen LogP contribution in [0.3, 0.4) is 0 Å². The van der Waals surface area contributed by atoms with Gasteiger partial charge in [-0.2, -0.15) is 0 Å². The third kappa shape index (κ3) is 3.10. The van der Waals surface area contributed by atoms with Crippen molar-refractivity contribution in [2.24, 2.45) is 11.7 Å². The van der Waals surface area contributed by atoms with Gasteiger partial charge in [-0.1, -0.05) is 19.1 Å². The first-order valence-corrected chi connectivity index (χ1v) is 7.26. The second kappa shape index (κ2) is 5.93. The normalized spacial score (nSPS) is 25.5. The zero-order valence-electron chi connectivity index (χ0n) is 12.6. The van der Waals surface area contributed by atoms with Crippen LogP contribution < -0.4 is 10.6 Å². The van der Waals surface area contributed by atoms with E-state index in [0.29, 0.717) is 18.6 Å². The van der Waals surface area contributed by atoms with E-state index in [4.69, 9.17) is 5.73 Å². The fraction of sp³-hybridized carbons (Fsp3) is 0.625. The molecule has 0 amide bonds. The van der Waals surface area contributed by atoms with E-state index >= 15 is 0 Å².